The van der Waals surface area contributed by atoms with Crippen LogP contribution in [0.2, 0.25) is 0 Å². The zero-order chi connectivity index (χ0) is 35.0. The summed E-state index contributed by atoms with van der Waals surface area (Å²) >= 11 is 0. The third kappa shape index (κ3) is 5.30. The van der Waals surface area contributed by atoms with E-state index >= 15 is 0 Å². The van der Waals surface area contributed by atoms with Gasteiger partial charge in [0.25, 0.3) is 0 Å². The number of fused-ring (bicyclic) bond motifs is 8. The maximum absolute atomic E-state index is 7.00. The van der Waals surface area contributed by atoms with Crippen molar-refractivity contribution in [1.29, 1.82) is 0 Å². The van der Waals surface area contributed by atoms with E-state index in [1.54, 1.807) is 0 Å². The molecule has 0 radical (unpaired) electrons. The summed E-state index contributed by atoms with van der Waals surface area (Å²) in [5, 5.41) is 15.3. The fourth-order valence-electron chi connectivity index (χ4n) is 7.38. The normalized spacial score (nSPS) is 11.6. The highest BCUT2D eigenvalue weighted by atomic mass is 31.1. The van der Waals surface area contributed by atoms with Crippen molar-refractivity contribution in [3.8, 4) is 33.4 Å². The van der Waals surface area contributed by atoms with E-state index in [0.717, 1.165) is 106 Å². The first kappa shape index (κ1) is 32.0. The van der Waals surface area contributed by atoms with Gasteiger partial charge >= 0.3 is 0 Å². The van der Waals surface area contributed by atoms with Crippen LogP contribution in [0.3, 0.4) is 0 Å². The summed E-state index contributed by atoms with van der Waals surface area (Å²) in [5.74, 6) is 0. The predicted molar refractivity (Wildman–Crippen MR) is 219 cm³/mol. The molecule has 10 aromatic rings. The Hall–Kier alpha value is -5.96. The molecule has 5 nitrogen and oxygen atoms in total. The summed E-state index contributed by atoms with van der Waals surface area (Å²) < 4.78 is 26.5. The summed E-state index contributed by atoms with van der Waals surface area (Å²) in [4.78, 5) is 0. The Morgan fingerprint density at radius 2 is 0.712 bits per heavy atom. The van der Waals surface area contributed by atoms with Crippen molar-refractivity contribution >= 4 is 82.8 Å². The van der Waals surface area contributed by atoms with E-state index in [1.807, 2.05) is 12.1 Å². The Kier molecular flexibility index (Phi) is 8.39. The highest BCUT2D eigenvalue weighted by molar-refractivity contribution is 7.15. The maximum atomic E-state index is 7.00. The molecule has 8 aromatic carbocycles. The van der Waals surface area contributed by atoms with Gasteiger partial charge in [-0.15, -0.1) is 0 Å². The molecule has 0 aliphatic heterocycles. The minimum atomic E-state index is -0.244. The zero-order valence-corrected chi connectivity index (χ0v) is 30.1. The monoisotopic (exact) mass is 714 g/mol. The van der Waals surface area contributed by atoms with Crippen LogP contribution >= 0.6 is 17.3 Å². The second-order valence-electron chi connectivity index (χ2n) is 12.4. The van der Waals surface area contributed by atoms with Crippen molar-refractivity contribution in [2.45, 2.75) is 0 Å². The average Bonchev–Trinajstić information content (AvgIpc) is 3.52. The molecule has 10 rings (SSSR count). The Morgan fingerprint density at radius 3 is 1.15 bits per heavy atom. The van der Waals surface area contributed by atoms with Gasteiger partial charge in [-0.1, -0.05) is 146 Å². The van der Waals surface area contributed by atoms with Crippen molar-refractivity contribution in [1.82, 2.24) is 0 Å². The van der Waals surface area contributed by atoms with Gasteiger partial charge in [-0.25, -0.2) is 0 Å². The number of para-hydroxylation sites is 2. The third-order valence-corrected chi connectivity index (χ3v) is 10.8. The van der Waals surface area contributed by atoms with Gasteiger partial charge in [-0.05, 0) is 44.8 Å². The van der Waals surface area contributed by atoms with Crippen LogP contribution in [-0.4, -0.2) is 12.2 Å². The topological polar surface area (TPSA) is 72.8 Å². The Balaban J connectivity index is 0.00000177. The standard InChI is InChI=1S/C44H28O4P2.CH4O/c1-3-13-27(14-4-1)33-21-11-23-35-37-25-29-17-7-9-19-31(29)39(43(37)47-49-45-41(33)35)40-32-20-10-8-18-30(32)26-38-36-24-12-22-34(28-15-5-2-6-16-28)42(36)46-50-48-44(38)40;1-2/h1-26,49-50H;2H,1H3. The Labute approximate surface area is 301 Å². The molecule has 1 N–H and O–H groups in total. The second-order valence-corrected chi connectivity index (χ2v) is 13.5. The molecule has 252 valence electrons. The van der Waals surface area contributed by atoms with E-state index < -0.39 is 0 Å². The molecule has 7 heteroatoms. The lowest BCUT2D eigenvalue weighted by Gasteiger charge is -2.14. The molecule has 2 unspecified atom stereocenters. The zero-order valence-electron chi connectivity index (χ0n) is 28.1. The van der Waals surface area contributed by atoms with E-state index in [2.05, 4.69) is 146 Å². The van der Waals surface area contributed by atoms with Crippen LogP contribution in [0.5, 0.6) is 0 Å². The molecule has 2 aromatic heterocycles. The van der Waals surface area contributed by atoms with Crippen molar-refractivity contribution < 1.29 is 21.9 Å². The van der Waals surface area contributed by atoms with E-state index in [4.69, 9.17) is 21.9 Å². The van der Waals surface area contributed by atoms with Gasteiger partial charge in [-0.3, -0.25) is 0 Å². The van der Waals surface area contributed by atoms with E-state index in [0.29, 0.717) is 0 Å². The van der Waals surface area contributed by atoms with Crippen LogP contribution in [0.1, 0.15) is 0 Å². The highest BCUT2D eigenvalue weighted by Gasteiger charge is 2.22. The minimum absolute atomic E-state index is 0.244. The smallest absolute Gasteiger partial charge is 0.201 e. The molecule has 0 amide bonds. The quantitative estimate of drug-likeness (QED) is 0.197. The van der Waals surface area contributed by atoms with E-state index in [-0.39, 0.29) is 17.3 Å². The predicted octanol–water partition coefficient (Wildman–Crippen LogP) is 13.9. The van der Waals surface area contributed by atoms with Crippen LogP contribution in [-0.2, 0) is 0 Å². The van der Waals surface area contributed by atoms with E-state index in [1.165, 1.54) is 0 Å². The Bertz CT molecular complexity index is 2780. The van der Waals surface area contributed by atoms with Crippen molar-refractivity contribution in [2.75, 3.05) is 7.11 Å². The SMILES string of the molecule is CO.c1ccc(-c2cccc3c2o[pH]oc2c(-c4c5ccccc5cc5c4o[pH]oc4c(-c6ccccc6)cccc45)c4ccccc4cc23)cc1. The minimum Gasteiger partial charge on any atom is -0.420 e. The van der Waals surface area contributed by atoms with Crippen molar-refractivity contribution in [3.05, 3.63) is 158 Å². The molecule has 52 heavy (non-hydrogen) atoms. The van der Waals surface area contributed by atoms with E-state index in [9.17, 15) is 0 Å². The second kappa shape index (κ2) is 13.6. The van der Waals surface area contributed by atoms with Crippen LogP contribution in [0, 0.1) is 0 Å². The lowest BCUT2D eigenvalue weighted by Crippen LogP contribution is -1.89. The fourth-order valence-corrected chi connectivity index (χ4v) is 8.66. The summed E-state index contributed by atoms with van der Waals surface area (Å²) in [7, 11) is 0.512. The molecule has 0 bridgehead atoms. The van der Waals surface area contributed by atoms with Gasteiger partial charge in [-0.2, -0.15) is 0 Å². The van der Waals surface area contributed by atoms with Gasteiger partial charge in [0.2, 0.25) is 17.3 Å². The van der Waals surface area contributed by atoms with Crippen LogP contribution in [0.4, 0.5) is 0 Å². The number of hydrogen-bond acceptors (Lipinski definition) is 5. The van der Waals surface area contributed by atoms with Gasteiger partial charge < -0.3 is 21.9 Å². The molecule has 0 aliphatic carbocycles. The molecule has 0 fully saturated rings. The molecule has 0 saturated heterocycles. The summed E-state index contributed by atoms with van der Waals surface area (Å²) in [6.45, 7) is 0. The first-order valence-corrected chi connectivity index (χ1v) is 18.6. The van der Waals surface area contributed by atoms with Crippen LogP contribution < -0.4 is 0 Å². The van der Waals surface area contributed by atoms with Crippen LogP contribution in [0.25, 0.3) is 98.8 Å². The van der Waals surface area contributed by atoms with Gasteiger partial charge in [0.1, 0.15) is 22.3 Å². The summed E-state index contributed by atoms with van der Waals surface area (Å²) in [5.41, 5.74) is 9.42. The number of aliphatic hydroxyl groups excluding tert-OH is 1. The van der Waals surface area contributed by atoms with Gasteiger partial charge in [0.15, 0.2) is 0 Å². The van der Waals surface area contributed by atoms with Crippen molar-refractivity contribution in [2.24, 2.45) is 0 Å². The lowest BCUT2D eigenvalue weighted by atomic mass is 9.89. The molecular formula is C45H32O5P2. The molecule has 0 aliphatic rings. The molecule has 0 saturated carbocycles. The van der Waals surface area contributed by atoms with Gasteiger partial charge in [0, 0.05) is 50.9 Å². The van der Waals surface area contributed by atoms with Crippen molar-refractivity contribution in [3.63, 3.8) is 0 Å². The average molecular weight is 715 g/mol. The molecule has 0 spiro atoms. The lowest BCUT2D eigenvalue weighted by molar-refractivity contribution is 0.399. The number of benzene rings is 8. The Morgan fingerprint density at radius 1 is 0.346 bits per heavy atom. The molecular weight excluding hydrogens is 682 g/mol. The largest absolute Gasteiger partial charge is 0.420 e. The molecule has 2 atom stereocenters. The molecule has 2 heterocycles. The third-order valence-electron chi connectivity index (χ3n) is 9.61. The van der Waals surface area contributed by atoms with Gasteiger partial charge in [0.05, 0.1) is 0 Å². The number of hydrogen-bond donors (Lipinski definition) is 1. The first-order valence-electron chi connectivity index (χ1n) is 16.9. The summed E-state index contributed by atoms with van der Waals surface area (Å²) in [6, 6.07) is 55.0. The highest BCUT2D eigenvalue weighted by Crippen LogP contribution is 2.47. The van der Waals surface area contributed by atoms with Crippen LogP contribution in [0.15, 0.2) is 175 Å². The maximum Gasteiger partial charge on any atom is 0.201 e. The number of aliphatic hydroxyl groups is 1. The fraction of sp³-hybridized carbons (Fsp3) is 0.0222. The number of rotatable bonds is 3. The summed E-state index contributed by atoms with van der Waals surface area (Å²) in [6.07, 6.45) is 0. The first-order chi connectivity index (χ1) is 25.8.